The van der Waals surface area contributed by atoms with Gasteiger partial charge in [0.2, 0.25) is 5.92 Å². The third-order valence-electron chi connectivity index (χ3n) is 2.46. The lowest BCUT2D eigenvalue weighted by Gasteiger charge is -2.26. The van der Waals surface area contributed by atoms with Crippen molar-refractivity contribution in [2.45, 2.75) is 37.5 Å². The second kappa shape index (κ2) is 3.18. The zero-order chi connectivity index (χ0) is 10.2. The van der Waals surface area contributed by atoms with Crippen LogP contribution in [0.4, 0.5) is 14.8 Å². The van der Waals surface area contributed by atoms with Gasteiger partial charge in [-0.15, -0.1) is 0 Å². The van der Waals surface area contributed by atoms with Gasteiger partial charge in [0.15, 0.2) is 5.82 Å². The molecule has 1 aromatic rings. The van der Waals surface area contributed by atoms with Gasteiger partial charge in [-0.05, 0) is 12.8 Å². The summed E-state index contributed by atoms with van der Waals surface area (Å²) in [5.41, 5.74) is 5.23. The number of alkyl halides is 2. The molecule has 0 bridgehead atoms. The molecule has 0 saturated heterocycles. The van der Waals surface area contributed by atoms with Gasteiger partial charge >= 0.3 is 6.01 Å². The van der Waals surface area contributed by atoms with E-state index in [9.17, 15) is 8.78 Å². The van der Waals surface area contributed by atoms with Crippen molar-refractivity contribution in [3.63, 3.8) is 0 Å². The number of aromatic nitrogens is 2. The second-order valence-corrected chi connectivity index (χ2v) is 3.64. The van der Waals surface area contributed by atoms with Gasteiger partial charge in [0.1, 0.15) is 0 Å². The van der Waals surface area contributed by atoms with Gasteiger partial charge in [-0.1, -0.05) is 5.16 Å². The summed E-state index contributed by atoms with van der Waals surface area (Å²) in [4.78, 5) is 3.77. The molecule has 4 nitrogen and oxygen atoms in total. The lowest BCUT2D eigenvalue weighted by molar-refractivity contribution is -0.0418. The van der Waals surface area contributed by atoms with Crippen LogP contribution in [-0.4, -0.2) is 16.1 Å². The van der Waals surface area contributed by atoms with Gasteiger partial charge in [-0.2, -0.15) is 4.98 Å². The molecule has 1 saturated carbocycles. The minimum Gasteiger partial charge on any atom is -0.351 e. The highest BCUT2D eigenvalue weighted by Crippen LogP contribution is 2.40. The molecule has 14 heavy (non-hydrogen) atoms. The third-order valence-corrected chi connectivity index (χ3v) is 2.46. The summed E-state index contributed by atoms with van der Waals surface area (Å²) in [6.45, 7) is 0. The summed E-state index contributed by atoms with van der Waals surface area (Å²) >= 11 is 0. The molecular formula is C8H11F2N3O. The third kappa shape index (κ3) is 1.83. The Morgan fingerprint density at radius 2 is 2.29 bits per heavy atom. The molecule has 0 radical (unpaired) electrons. The van der Waals surface area contributed by atoms with Gasteiger partial charge in [0.05, 0.1) is 0 Å². The summed E-state index contributed by atoms with van der Waals surface area (Å²) in [5, 5.41) is 3.56. The van der Waals surface area contributed by atoms with Crippen LogP contribution in [0.1, 0.15) is 37.4 Å². The van der Waals surface area contributed by atoms with Crippen LogP contribution >= 0.6 is 0 Å². The average molecular weight is 203 g/mol. The Balaban J connectivity index is 2.12. The van der Waals surface area contributed by atoms with E-state index in [0.717, 1.165) is 0 Å². The minimum atomic E-state index is -2.60. The van der Waals surface area contributed by atoms with Crippen molar-refractivity contribution in [3.05, 3.63) is 5.82 Å². The molecule has 1 aromatic heterocycles. The molecule has 0 aliphatic heterocycles. The Hall–Kier alpha value is -1.20. The van der Waals surface area contributed by atoms with Crippen LogP contribution in [-0.2, 0) is 0 Å². The molecular weight excluding hydrogens is 192 g/mol. The first kappa shape index (κ1) is 9.36. The number of nitrogens with two attached hydrogens (primary N) is 1. The Morgan fingerprint density at radius 3 is 2.86 bits per heavy atom. The Kier molecular flexibility index (Phi) is 2.13. The van der Waals surface area contributed by atoms with Crippen molar-refractivity contribution < 1.29 is 13.3 Å². The minimum absolute atomic E-state index is 0.0448. The summed E-state index contributed by atoms with van der Waals surface area (Å²) in [6.07, 6.45) is 0.920. The highest BCUT2D eigenvalue weighted by atomic mass is 19.3. The Bertz CT molecular complexity index is 326. The molecule has 1 aliphatic carbocycles. The maximum atomic E-state index is 13.0. The van der Waals surface area contributed by atoms with E-state index in [1.54, 1.807) is 0 Å². The monoisotopic (exact) mass is 203 g/mol. The molecule has 1 heterocycles. The number of hydrogen-bond donors (Lipinski definition) is 1. The lowest BCUT2D eigenvalue weighted by atomic mass is 9.86. The van der Waals surface area contributed by atoms with Crippen LogP contribution in [0.25, 0.3) is 0 Å². The first-order valence-electron chi connectivity index (χ1n) is 4.54. The fraction of sp³-hybridized carbons (Fsp3) is 0.750. The van der Waals surface area contributed by atoms with E-state index in [2.05, 4.69) is 14.7 Å². The van der Waals surface area contributed by atoms with E-state index in [1.807, 2.05) is 0 Å². The first-order chi connectivity index (χ1) is 6.57. The van der Waals surface area contributed by atoms with E-state index in [-0.39, 0.29) is 24.8 Å². The van der Waals surface area contributed by atoms with E-state index in [0.29, 0.717) is 18.7 Å². The SMILES string of the molecule is Nc1nc(C2CCCC(F)(F)C2)no1. The van der Waals surface area contributed by atoms with Crippen molar-refractivity contribution >= 4 is 6.01 Å². The lowest BCUT2D eigenvalue weighted by Crippen LogP contribution is -2.25. The molecule has 2 N–H and O–H groups in total. The van der Waals surface area contributed by atoms with E-state index in [4.69, 9.17) is 5.73 Å². The van der Waals surface area contributed by atoms with Crippen molar-refractivity contribution in [1.29, 1.82) is 0 Å². The fourth-order valence-corrected chi connectivity index (χ4v) is 1.81. The molecule has 0 spiro atoms. The van der Waals surface area contributed by atoms with Crippen molar-refractivity contribution in [1.82, 2.24) is 10.1 Å². The predicted octanol–water partition coefficient (Wildman–Crippen LogP) is 1.94. The topological polar surface area (TPSA) is 64.9 Å². The van der Waals surface area contributed by atoms with Crippen LogP contribution in [0, 0.1) is 0 Å². The first-order valence-corrected chi connectivity index (χ1v) is 4.54. The maximum absolute atomic E-state index is 13.0. The van der Waals surface area contributed by atoms with Gasteiger partial charge in [-0.3, -0.25) is 0 Å². The van der Waals surface area contributed by atoms with Crippen molar-refractivity contribution in [3.8, 4) is 0 Å². The van der Waals surface area contributed by atoms with Gasteiger partial charge in [0.25, 0.3) is 0 Å². The van der Waals surface area contributed by atoms with Crippen LogP contribution < -0.4 is 5.73 Å². The maximum Gasteiger partial charge on any atom is 0.318 e. The zero-order valence-corrected chi connectivity index (χ0v) is 7.54. The van der Waals surface area contributed by atoms with Gasteiger partial charge in [-0.25, -0.2) is 8.78 Å². The van der Waals surface area contributed by atoms with E-state index in [1.165, 1.54) is 0 Å². The molecule has 78 valence electrons. The summed E-state index contributed by atoms with van der Waals surface area (Å²) in [7, 11) is 0. The van der Waals surface area contributed by atoms with Gasteiger partial charge < -0.3 is 10.3 Å². The highest BCUT2D eigenvalue weighted by molar-refractivity contribution is 5.10. The molecule has 1 unspecified atom stereocenters. The molecule has 2 rings (SSSR count). The van der Waals surface area contributed by atoms with E-state index >= 15 is 0 Å². The highest BCUT2D eigenvalue weighted by Gasteiger charge is 2.38. The second-order valence-electron chi connectivity index (χ2n) is 3.64. The van der Waals surface area contributed by atoms with Gasteiger partial charge in [0, 0.05) is 18.8 Å². The van der Waals surface area contributed by atoms with Crippen molar-refractivity contribution in [2.75, 3.05) is 5.73 Å². The molecule has 1 aliphatic rings. The number of nitrogens with zero attached hydrogens (tertiary/aromatic N) is 2. The average Bonchev–Trinajstić information content (AvgIpc) is 2.50. The molecule has 6 heteroatoms. The number of rotatable bonds is 1. The Labute approximate surface area is 79.5 Å². The van der Waals surface area contributed by atoms with Crippen LogP contribution in [0.3, 0.4) is 0 Å². The fourth-order valence-electron chi connectivity index (χ4n) is 1.81. The molecule has 0 amide bonds. The number of hydrogen-bond acceptors (Lipinski definition) is 4. The van der Waals surface area contributed by atoms with E-state index < -0.39 is 5.92 Å². The van der Waals surface area contributed by atoms with Crippen LogP contribution in [0.5, 0.6) is 0 Å². The zero-order valence-electron chi connectivity index (χ0n) is 7.54. The predicted molar refractivity (Wildman–Crippen MR) is 44.9 cm³/mol. The number of halogens is 2. The summed E-state index contributed by atoms with van der Waals surface area (Å²) < 4.78 is 30.6. The largest absolute Gasteiger partial charge is 0.351 e. The van der Waals surface area contributed by atoms with Crippen molar-refractivity contribution in [2.24, 2.45) is 0 Å². The normalized spacial score (nSPS) is 26.3. The smallest absolute Gasteiger partial charge is 0.318 e. The molecule has 1 fully saturated rings. The van der Waals surface area contributed by atoms with Crippen LogP contribution in [0.15, 0.2) is 4.52 Å². The molecule has 1 atom stereocenters. The summed E-state index contributed by atoms with van der Waals surface area (Å²) in [6, 6.07) is -0.0612. The molecule has 0 aromatic carbocycles. The quantitative estimate of drug-likeness (QED) is 0.757. The Morgan fingerprint density at radius 1 is 1.50 bits per heavy atom. The standard InChI is InChI=1S/C8H11F2N3O/c9-8(10)3-1-2-5(4-8)6-12-7(11)14-13-6/h5H,1-4H2,(H2,11,12,13). The number of anilines is 1. The number of nitrogen functional groups attached to an aromatic ring is 1. The summed E-state index contributed by atoms with van der Waals surface area (Å²) in [5.74, 6) is -2.61. The van der Waals surface area contributed by atoms with Crippen LogP contribution in [0.2, 0.25) is 0 Å².